The summed E-state index contributed by atoms with van der Waals surface area (Å²) in [6.07, 6.45) is 0. The first-order valence-electron chi connectivity index (χ1n) is 17.6. The van der Waals surface area contributed by atoms with Crippen molar-refractivity contribution in [3.8, 4) is 39.6 Å². The Bertz CT molecular complexity index is 3120. The van der Waals surface area contributed by atoms with Gasteiger partial charge in [-0.2, -0.15) is 0 Å². The fraction of sp³-hybridized carbons (Fsp3) is 0. The molecule has 11 rings (SSSR count). The predicted molar refractivity (Wildman–Crippen MR) is 215 cm³/mol. The van der Waals surface area contributed by atoms with E-state index >= 15 is 0 Å². The van der Waals surface area contributed by atoms with Crippen molar-refractivity contribution in [3.05, 3.63) is 176 Å². The van der Waals surface area contributed by atoms with Crippen molar-refractivity contribution in [3.63, 3.8) is 0 Å². The average molecular weight is 664 g/mol. The van der Waals surface area contributed by atoms with Crippen molar-refractivity contribution >= 4 is 65.3 Å². The van der Waals surface area contributed by atoms with Gasteiger partial charge in [-0.3, -0.25) is 0 Å². The molecule has 0 spiro atoms. The second kappa shape index (κ2) is 11.2. The molecule has 0 atom stereocenters. The zero-order chi connectivity index (χ0) is 34.2. The predicted octanol–water partition coefficient (Wildman–Crippen LogP) is 12.8. The highest BCUT2D eigenvalue weighted by atomic mass is 16.3. The van der Waals surface area contributed by atoms with Crippen LogP contribution in [-0.4, -0.2) is 14.5 Å². The molecule has 3 aromatic heterocycles. The summed E-state index contributed by atoms with van der Waals surface area (Å²) in [5.41, 5.74) is 9.66. The van der Waals surface area contributed by atoms with Gasteiger partial charge in [0, 0.05) is 43.6 Å². The normalized spacial score (nSPS) is 11.8. The molecule has 11 aromatic rings. The molecule has 0 N–H and O–H groups in total. The van der Waals surface area contributed by atoms with Gasteiger partial charge in [-0.25, -0.2) is 9.97 Å². The van der Waals surface area contributed by atoms with Crippen LogP contribution in [-0.2, 0) is 0 Å². The molecule has 0 aliphatic rings. The molecule has 0 bridgehead atoms. The lowest BCUT2D eigenvalue weighted by Gasteiger charge is -2.13. The van der Waals surface area contributed by atoms with Crippen LogP contribution in [0, 0.1) is 0 Å². The Morgan fingerprint density at radius 3 is 1.87 bits per heavy atom. The summed E-state index contributed by atoms with van der Waals surface area (Å²) in [4.78, 5) is 10.3. The summed E-state index contributed by atoms with van der Waals surface area (Å²) >= 11 is 0. The summed E-state index contributed by atoms with van der Waals surface area (Å²) in [5, 5.41) is 9.15. The quantitative estimate of drug-likeness (QED) is 0.188. The van der Waals surface area contributed by atoms with Crippen LogP contribution in [0.2, 0.25) is 0 Å². The van der Waals surface area contributed by atoms with Crippen LogP contribution in [0.5, 0.6) is 0 Å². The van der Waals surface area contributed by atoms with E-state index < -0.39 is 0 Å². The van der Waals surface area contributed by atoms with Crippen molar-refractivity contribution in [2.45, 2.75) is 0 Å². The topological polar surface area (TPSA) is 43.9 Å². The summed E-state index contributed by atoms with van der Waals surface area (Å²) in [6.45, 7) is 0. The minimum atomic E-state index is 0.682. The van der Waals surface area contributed by atoms with Gasteiger partial charge in [0.25, 0.3) is 0 Å². The number of benzene rings is 8. The van der Waals surface area contributed by atoms with E-state index in [2.05, 4.69) is 156 Å². The number of aromatic nitrogens is 3. The molecule has 0 radical (unpaired) electrons. The molecule has 52 heavy (non-hydrogen) atoms. The van der Waals surface area contributed by atoms with Gasteiger partial charge in [0.15, 0.2) is 11.4 Å². The van der Waals surface area contributed by atoms with Crippen LogP contribution in [0.1, 0.15) is 0 Å². The Labute approximate surface area is 298 Å². The molecule has 0 amide bonds. The van der Waals surface area contributed by atoms with Crippen LogP contribution < -0.4 is 0 Å². The standard InChI is InChI=1S/C48H29N3O/c1-3-14-31(15-4-1)40-29-41(50-48(49-40)32-16-5-2-6-17-32)37-25-26-43(47-45(37)38-24-23-30-13-9-10-20-35(30)46(38)52-47)51-42-22-12-11-21-36(42)39-27-33-18-7-8-19-34(33)28-44(39)51/h1-29H. The second-order valence-corrected chi connectivity index (χ2v) is 13.4. The number of nitrogens with zero attached hydrogens (tertiary/aromatic N) is 3. The summed E-state index contributed by atoms with van der Waals surface area (Å²) < 4.78 is 9.51. The smallest absolute Gasteiger partial charge is 0.160 e. The number of furan rings is 1. The van der Waals surface area contributed by atoms with Gasteiger partial charge >= 0.3 is 0 Å². The lowest BCUT2D eigenvalue weighted by Crippen LogP contribution is -1.98. The lowest BCUT2D eigenvalue weighted by atomic mass is 9.99. The molecule has 0 fully saturated rings. The van der Waals surface area contributed by atoms with Gasteiger partial charge in [-0.1, -0.05) is 133 Å². The fourth-order valence-electron chi connectivity index (χ4n) is 7.96. The maximum atomic E-state index is 7.13. The van der Waals surface area contributed by atoms with E-state index in [1.165, 1.54) is 21.5 Å². The van der Waals surface area contributed by atoms with E-state index in [9.17, 15) is 0 Å². The molecule has 3 heterocycles. The third kappa shape index (κ3) is 4.34. The summed E-state index contributed by atoms with van der Waals surface area (Å²) in [5.74, 6) is 0.682. The Balaban J connectivity index is 1.27. The van der Waals surface area contributed by atoms with Gasteiger partial charge in [-0.15, -0.1) is 0 Å². The molecule has 0 unspecified atom stereocenters. The van der Waals surface area contributed by atoms with E-state index in [4.69, 9.17) is 14.4 Å². The Kier molecular flexibility index (Phi) is 6.22. The molecular formula is C48H29N3O. The maximum Gasteiger partial charge on any atom is 0.160 e. The molecule has 242 valence electrons. The largest absolute Gasteiger partial charge is 0.453 e. The third-order valence-corrected chi connectivity index (χ3v) is 10.4. The highest BCUT2D eigenvalue weighted by Gasteiger charge is 2.23. The highest BCUT2D eigenvalue weighted by Crippen LogP contribution is 2.44. The van der Waals surface area contributed by atoms with Crippen molar-refractivity contribution in [2.75, 3.05) is 0 Å². The van der Waals surface area contributed by atoms with Crippen LogP contribution in [0.4, 0.5) is 0 Å². The van der Waals surface area contributed by atoms with Gasteiger partial charge in [0.05, 0.1) is 28.1 Å². The maximum absolute atomic E-state index is 7.13. The number of rotatable bonds is 4. The molecule has 8 aromatic carbocycles. The minimum Gasteiger partial charge on any atom is -0.453 e. The first-order valence-corrected chi connectivity index (χ1v) is 17.6. The first kappa shape index (κ1) is 28.8. The van der Waals surface area contributed by atoms with E-state index in [0.29, 0.717) is 5.82 Å². The van der Waals surface area contributed by atoms with Crippen LogP contribution in [0.25, 0.3) is 105 Å². The molecule has 4 heteroatoms. The van der Waals surface area contributed by atoms with E-state index in [-0.39, 0.29) is 0 Å². The van der Waals surface area contributed by atoms with E-state index in [0.717, 1.165) is 77.5 Å². The number of hydrogen-bond donors (Lipinski definition) is 0. The van der Waals surface area contributed by atoms with Crippen LogP contribution >= 0.6 is 0 Å². The molecule has 0 aliphatic carbocycles. The zero-order valence-electron chi connectivity index (χ0n) is 28.0. The Morgan fingerprint density at radius 1 is 0.404 bits per heavy atom. The van der Waals surface area contributed by atoms with Crippen molar-refractivity contribution in [1.29, 1.82) is 0 Å². The van der Waals surface area contributed by atoms with Crippen molar-refractivity contribution in [2.24, 2.45) is 0 Å². The minimum absolute atomic E-state index is 0.682. The number of para-hydroxylation sites is 1. The zero-order valence-corrected chi connectivity index (χ0v) is 28.0. The SMILES string of the molecule is c1ccc(-c2cc(-c3ccc(-n4c5ccccc5c5cc6ccccc6cc54)c4oc5c6ccccc6ccc5c34)nc(-c3ccccc3)n2)cc1. The van der Waals surface area contributed by atoms with Gasteiger partial charge in [-0.05, 0) is 58.6 Å². The van der Waals surface area contributed by atoms with Gasteiger partial charge in [0.2, 0.25) is 0 Å². The van der Waals surface area contributed by atoms with Crippen LogP contribution in [0.3, 0.4) is 0 Å². The molecule has 4 nitrogen and oxygen atoms in total. The average Bonchev–Trinajstić information content (AvgIpc) is 3.77. The fourth-order valence-corrected chi connectivity index (χ4v) is 7.96. The number of hydrogen-bond acceptors (Lipinski definition) is 3. The van der Waals surface area contributed by atoms with Gasteiger partial charge < -0.3 is 8.98 Å². The number of fused-ring (bicyclic) bond motifs is 9. The molecular weight excluding hydrogens is 635 g/mol. The summed E-state index contributed by atoms with van der Waals surface area (Å²) in [6, 6.07) is 61.8. The third-order valence-electron chi connectivity index (χ3n) is 10.4. The Morgan fingerprint density at radius 2 is 1.06 bits per heavy atom. The Hall–Kier alpha value is -7.04. The monoisotopic (exact) mass is 663 g/mol. The molecule has 0 saturated carbocycles. The summed E-state index contributed by atoms with van der Waals surface area (Å²) in [7, 11) is 0. The molecule has 0 saturated heterocycles. The van der Waals surface area contributed by atoms with Crippen LogP contribution in [0.15, 0.2) is 180 Å². The van der Waals surface area contributed by atoms with Crippen molar-refractivity contribution < 1.29 is 4.42 Å². The first-order chi connectivity index (χ1) is 25.8. The van der Waals surface area contributed by atoms with E-state index in [1.54, 1.807) is 0 Å². The highest BCUT2D eigenvalue weighted by molar-refractivity contribution is 6.21. The lowest BCUT2D eigenvalue weighted by molar-refractivity contribution is 0.670. The van der Waals surface area contributed by atoms with Gasteiger partial charge in [0.1, 0.15) is 5.58 Å². The van der Waals surface area contributed by atoms with Crippen molar-refractivity contribution in [1.82, 2.24) is 14.5 Å². The van der Waals surface area contributed by atoms with E-state index in [1.807, 2.05) is 24.3 Å². The molecule has 0 aliphatic heterocycles. The second-order valence-electron chi connectivity index (χ2n) is 13.4.